The van der Waals surface area contributed by atoms with Gasteiger partial charge in [-0.3, -0.25) is 9.78 Å². The second-order valence-electron chi connectivity index (χ2n) is 5.90. The lowest BCUT2D eigenvalue weighted by atomic mass is 10.1. The fourth-order valence-corrected chi connectivity index (χ4v) is 2.29. The lowest BCUT2D eigenvalue weighted by Crippen LogP contribution is -2.52. The van der Waals surface area contributed by atoms with Crippen molar-refractivity contribution in [2.75, 3.05) is 5.32 Å². The highest BCUT2D eigenvalue weighted by atomic mass is 32.1. The highest BCUT2D eigenvalue weighted by Gasteiger charge is 2.18. The van der Waals surface area contributed by atoms with Gasteiger partial charge >= 0.3 is 0 Å². The predicted octanol–water partition coefficient (Wildman–Crippen LogP) is 3.09. The third kappa shape index (κ3) is 5.31. The highest BCUT2D eigenvalue weighted by molar-refractivity contribution is 7.80. The smallest absolute Gasteiger partial charge is 0.252 e. The van der Waals surface area contributed by atoms with Gasteiger partial charge in [-0.1, -0.05) is 31.5 Å². The number of benzene rings is 1. The molecule has 1 heterocycles. The molecule has 0 radical (unpaired) electrons. The summed E-state index contributed by atoms with van der Waals surface area (Å²) < 4.78 is 0. The molecule has 0 saturated heterocycles. The van der Waals surface area contributed by atoms with Crippen molar-refractivity contribution in [3.63, 3.8) is 0 Å². The first kappa shape index (κ1) is 17.9. The average molecular weight is 342 g/mol. The first-order valence-electron chi connectivity index (χ1n) is 7.81. The zero-order valence-electron chi connectivity index (χ0n) is 14.0. The minimum atomic E-state index is -0.282. The minimum absolute atomic E-state index is 0.134. The molecule has 0 aliphatic heterocycles. The molecule has 126 valence electrons. The molecule has 6 heteroatoms. The third-order valence-electron chi connectivity index (χ3n) is 3.47. The summed E-state index contributed by atoms with van der Waals surface area (Å²) in [6, 6.07) is 11.2. The number of aryl methyl sites for hydroxylation is 1. The molecule has 0 aliphatic rings. The van der Waals surface area contributed by atoms with Crippen LogP contribution in [0.25, 0.3) is 0 Å². The summed E-state index contributed by atoms with van der Waals surface area (Å²) >= 11 is 5.32. The molecule has 2 rings (SSSR count). The number of hydrogen-bond donors (Lipinski definition) is 3. The van der Waals surface area contributed by atoms with Gasteiger partial charge in [0.25, 0.3) is 5.91 Å². The van der Waals surface area contributed by atoms with Crippen LogP contribution in [0.4, 0.5) is 5.69 Å². The Morgan fingerprint density at radius 1 is 1.12 bits per heavy atom. The first-order valence-corrected chi connectivity index (χ1v) is 8.21. The summed E-state index contributed by atoms with van der Waals surface area (Å²) in [6.45, 7) is 6.02. The number of pyridine rings is 1. The van der Waals surface area contributed by atoms with Crippen LogP contribution in [0.1, 0.15) is 29.8 Å². The first-order chi connectivity index (χ1) is 11.5. The van der Waals surface area contributed by atoms with Crippen molar-refractivity contribution in [2.45, 2.75) is 26.9 Å². The molecule has 1 atom stereocenters. The second kappa shape index (κ2) is 8.40. The van der Waals surface area contributed by atoms with Crippen LogP contribution in [0.15, 0.2) is 48.8 Å². The summed E-state index contributed by atoms with van der Waals surface area (Å²) in [4.78, 5) is 16.4. The van der Waals surface area contributed by atoms with E-state index in [0.717, 1.165) is 11.3 Å². The Morgan fingerprint density at radius 2 is 1.83 bits per heavy atom. The van der Waals surface area contributed by atoms with E-state index in [2.05, 4.69) is 20.9 Å². The number of nitrogens with one attached hydrogen (secondary N) is 3. The van der Waals surface area contributed by atoms with Crippen molar-refractivity contribution >= 4 is 28.9 Å². The monoisotopic (exact) mass is 342 g/mol. The van der Waals surface area contributed by atoms with Crippen LogP contribution in [-0.4, -0.2) is 22.2 Å². The Morgan fingerprint density at radius 3 is 2.42 bits per heavy atom. The van der Waals surface area contributed by atoms with Crippen LogP contribution in [0.2, 0.25) is 0 Å². The number of nitrogens with zero attached hydrogens (tertiary/aromatic N) is 1. The SMILES string of the molecule is Cc1ccc(C(=O)NC(NC(=S)Nc2cccnc2)C(C)C)cc1. The Kier molecular flexibility index (Phi) is 6.26. The summed E-state index contributed by atoms with van der Waals surface area (Å²) in [5.41, 5.74) is 2.54. The van der Waals surface area contributed by atoms with Crippen molar-refractivity contribution in [1.82, 2.24) is 15.6 Å². The van der Waals surface area contributed by atoms with Gasteiger partial charge in [-0.2, -0.15) is 0 Å². The quantitative estimate of drug-likeness (QED) is 0.576. The lowest BCUT2D eigenvalue weighted by Gasteiger charge is -2.25. The van der Waals surface area contributed by atoms with Crippen LogP contribution in [0.5, 0.6) is 0 Å². The molecule has 2 aromatic rings. The zero-order valence-corrected chi connectivity index (χ0v) is 14.9. The zero-order chi connectivity index (χ0) is 17.5. The Bertz CT molecular complexity index is 686. The topological polar surface area (TPSA) is 66.1 Å². The van der Waals surface area contributed by atoms with Gasteiger partial charge < -0.3 is 16.0 Å². The predicted molar refractivity (Wildman–Crippen MR) is 101 cm³/mol. The van der Waals surface area contributed by atoms with Crippen LogP contribution < -0.4 is 16.0 Å². The van der Waals surface area contributed by atoms with E-state index in [4.69, 9.17) is 12.2 Å². The maximum Gasteiger partial charge on any atom is 0.252 e. The molecule has 0 saturated carbocycles. The summed E-state index contributed by atoms with van der Waals surface area (Å²) in [7, 11) is 0. The number of thiocarbonyl (C=S) groups is 1. The largest absolute Gasteiger partial charge is 0.342 e. The molecule has 24 heavy (non-hydrogen) atoms. The molecule has 1 amide bonds. The molecule has 1 aromatic heterocycles. The van der Waals surface area contributed by atoms with E-state index in [1.807, 2.05) is 57.2 Å². The fraction of sp³-hybridized carbons (Fsp3) is 0.278. The second-order valence-corrected chi connectivity index (χ2v) is 6.31. The number of rotatable bonds is 5. The maximum atomic E-state index is 12.4. The van der Waals surface area contributed by atoms with Crippen molar-refractivity contribution in [3.05, 3.63) is 59.9 Å². The fourth-order valence-electron chi connectivity index (χ4n) is 2.04. The average Bonchev–Trinajstić information content (AvgIpc) is 2.55. The van der Waals surface area contributed by atoms with Gasteiger partial charge in [-0.25, -0.2) is 0 Å². The third-order valence-corrected chi connectivity index (χ3v) is 3.69. The Hall–Kier alpha value is -2.47. The summed E-state index contributed by atoms with van der Waals surface area (Å²) in [6.07, 6.45) is 3.10. The van der Waals surface area contributed by atoms with Crippen molar-refractivity contribution in [2.24, 2.45) is 5.92 Å². The number of amides is 1. The number of carbonyl (C=O) groups excluding carboxylic acids is 1. The van der Waals surface area contributed by atoms with Gasteiger partial charge in [0.1, 0.15) is 6.17 Å². The molecule has 0 aliphatic carbocycles. The van der Waals surface area contributed by atoms with Gasteiger partial charge in [0.05, 0.1) is 11.9 Å². The van der Waals surface area contributed by atoms with Gasteiger partial charge in [-0.15, -0.1) is 0 Å². The van der Waals surface area contributed by atoms with E-state index in [-0.39, 0.29) is 18.0 Å². The molecule has 0 fully saturated rings. The van der Waals surface area contributed by atoms with E-state index in [0.29, 0.717) is 10.7 Å². The van der Waals surface area contributed by atoms with Gasteiger partial charge in [-0.05, 0) is 49.3 Å². The number of anilines is 1. The van der Waals surface area contributed by atoms with Gasteiger partial charge in [0.2, 0.25) is 0 Å². The van der Waals surface area contributed by atoms with Crippen molar-refractivity contribution in [3.8, 4) is 0 Å². The lowest BCUT2D eigenvalue weighted by molar-refractivity contribution is 0.0922. The summed E-state index contributed by atoms with van der Waals surface area (Å²) in [5.74, 6) is 0.0263. The van der Waals surface area contributed by atoms with Crippen LogP contribution in [0.3, 0.4) is 0 Å². The molecular formula is C18H22N4OS. The van der Waals surface area contributed by atoms with Gasteiger partial charge in [0, 0.05) is 11.8 Å². The van der Waals surface area contributed by atoms with E-state index < -0.39 is 0 Å². The molecular weight excluding hydrogens is 320 g/mol. The number of carbonyl (C=O) groups is 1. The molecule has 1 aromatic carbocycles. The maximum absolute atomic E-state index is 12.4. The number of hydrogen-bond acceptors (Lipinski definition) is 3. The minimum Gasteiger partial charge on any atom is -0.342 e. The molecule has 5 nitrogen and oxygen atoms in total. The van der Waals surface area contributed by atoms with Gasteiger partial charge in [0.15, 0.2) is 5.11 Å². The summed E-state index contributed by atoms with van der Waals surface area (Å²) in [5, 5.41) is 9.60. The van der Waals surface area contributed by atoms with E-state index in [1.165, 1.54) is 0 Å². The Labute approximate surface area is 147 Å². The normalized spacial score (nSPS) is 11.7. The molecule has 1 unspecified atom stereocenters. The van der Waals surface area contributed by atoms with Crippen LogP contribution in [0, 0.1) is 12.8 Å². The van der Waals surface area contributed by atoms with Crippen molar-refractivity contribution < 1.29 is 4.79 Å². The Balaban J connectivity index is 1.97. The molecule has 0 bridgehead atoms. The highest BCUT2D eigenvalue weighted by Crippen LogP contribution is 2.07. The standard InChI is InChI=1S/C18H22N4OS/c1-12(2)16(21-17(23)14-8-6-13(3)7-9-14)22-18(24)20-15-5-4-10-19-11-15/h4-12,16H,1-3H3,(H,21,23)(H2,20,22,24). The van der Waals surface area contributed by atoms with Crippen LogP contribution in [-0.2, 0) is 0 Å². The molecule has 0 spiro atoms. The van der Waals surface area contributed by atoms with Crippen LogP contribution >= 0.6 is 12.2 Å². The van der Waals surface area contributed by atoms with E-state index >= 15 is 0 Å². The number of aromatic nitrogens is 1. The molecule has 3 N–H and O–H groups in total. The van der Waals surface area contributed by atoms with Crippen molar-refractivity contribution in [1.29, 1.82) is 0 Å². The van der Waals surface area contributed by atoms with E-state index in [9.17, 15) is 4.79 Å². The van der Waals surface area contributed by atoms with E-state index in [1.54, 1.807) is 12.4 Å².